The van der Waals surface area contributed by atoms with E-state index in [1.54, 1.807) is 34.6 Å². The van der Waals surface area contributed by atoms with Gasteiger partial charge in [0, 0.05) is 64.1 Å². The van der Waals surface area contributed by atoms with E-state index in [-0.39, 0.29) is 37.3 Å². The molecule has 0 spiro atoms. The minimum atomic E-state index is -1.87. The van der Waals surface area contributed by atoms with Crippen LogP contribution in [0.4, 0.5) is 0 Å². The molecular formula is C42H78N4O12. The van der Waals surface area contributed by atoms with Crippen LogP contribution in [0.1, 0.15) is 101 Å². The number of cyclic esters (lactones) is 1. The van der Waals surface area contributed by atoms with Crippen LogP contribution in [0.3, 0.4) is 0 Å². The number of methoxy groups -OCH3 is 1. The number of nitrogens with zero attached hydrogens (tertiary/aromatic N) is 3. The summed E-state index contributed by atoms with van der Waals surface area (Å²) in [6, 6.07) is 1.21. The van der Waals surface area contributed by atoms with E-state index >= 15 is 0 Å². The summed E-state index contributed by atoms with van der Waals surface area (Å²) in [6.45, 7) is 19.4. The van der Waals surface area contributed by atoms with Crippen molar-refractivity contribution in [3.63, 3.8) is 0 Å². The fourth-order valence-corrected chi connectivity index (χ4v) is 9.39. The molecule has 0 aromatic rings. The summed E-state index contributed by atoms with van der Waals surface area (Å²) in [5, 5.41) is 71.5. The average Bonchev–Trinajstić information content (AvgIpc) is 3.15. The molecule has 3 heterocycles. The number of rotatable bonds is 12. The fraction of sp³-hybridized carbons (Fsp3) is 0.952. The first-order chi connectivity index (χ1) is 26.9. The predicted molar refractivity (Wildman–Crippen MR) is 216 cm³/mol. The summed E-state index contributed by atoms with van der Waals surface area (Å²) in [5.41, 5.74) is -4.53. The monoisotopic (exact) mass is 831 g/mol. The number of carbonyl (C=O) groups is 1. The van der Waals surface area contributed by atoms with Crippen LogP contribution in [0.2, 0.25) is 0 Å². The maximum atomic E-state index is 14.4. The van der Waals surface area contributed by atoms with Crippen molar-refractivity contribution < 1.29 is 58.7 Å². The first-order valence-electron chi connectivity index (χ1n) is 21.3. The third kappa shape index (κ3) is 12.3. The van der Waals surface area contributed by atoms with Crippen LogP contribution in [0, 0.1) is 29.1 Å². The van der Waals surface area contributed by atoms with Crippen LogP contribution in [-0.2, 0) is 33.2 Å². The summed E-state index contributed by atoms with van der Waals surface area (Å²) in [7, 11) is 5.26. The highest BCUT2D eigenvalue weighted by atomic mass is 16.7. The largest absolute Gasteiger partial charge is 0.459 e. The fourth-order valence-electron chi connectivity index (χ4n) is 9.39. The standard InChI is InChI=1S/C42H78N4O12/c1-14-31-42(10,52)35(48)28(6)46(19-18-44-17-15-16-43)23-24(2)21-40(8,51)37(58-39-33(47)30(45(11)12)20-25(3)54-39)26(4)34(27(5)38(50)56-31)57-32-22-41(9,53-13)36(49)29(7)55-32/h24-37,39,44,47-49,51-52H,14-15,17-23H2,1-13H3/t24-,25-,26+,27-,28-,29+,30+,31-,32+,33-,34+,35-,36+,37-,39+,40-,41-,42-/m1/s1. The van der Waals surface area contributed by atoms with Gasteiger partial charge in [-0.3, -0.25) is 9.69 Å². The second-order valence-electron chi connectivity index (χ2n) is 18.4. The lowest BCUT2D eigenvalue weighted by Gasteiger charge is -2.48. The quantitative estimate of drug-likeness (QED) is 0.122. The summed E-state index contributed by atoms with van der Waals surface area (Å²) in [6.07, 6.45) is -8.34. The Balaban J connectivity index is 2.18. The van der Waals surface area contributed by atoms with Gasteiger partial charge in [0.25, 0.3) is 0 Å². The Bertz CT molecular complexity index is 1320. The van der Waals surface area contributed by atoms with E-state index in [9.17, 15) is 30.3 Å². The molecule has 16 nitrogen and oxygen atoms in total. The molecule has 0 unspecified atom stereocenters. The molecule has 16 heteroatoms. The Labute approximate surface area is 347 Å². The van der Waals surface area contributed by atoms with E-state index in [0.717, 1.165) is 0 Å². The van der Waals surface area contributed by atoms with E-state index in [0.29, 0.717) is 39.0 Å². The zero-order valence-corrected chi connectivity index (χ0v) is 37.5. The highest BCUT2D eigenvalue weighted by Gasteiger charge is 2.53. The third-order valence-corrected chi connectivity index (χ3v) is 13.0. The van der Waals surface area contributed by atoms with Crippen LogP contribution in [0.5, 0.6) is 0 Å². The zero-order valence-electron chi connectivity index (χ0n) is 37.5. The molecule has 3 fully saturated rings. The molecule has 3 aliphatic rings. The SMILES string of the molecule is CC[C@H]1OC(=O)[C@H](C)[C@@H](O[C@H]2C[C@@](C)(OC)[C@@H](O)[C@H](C)O2)[C@H](C)[C@@H](O[C@@H]2O[C@H](C)C[C@H](N(C)C)[C@H]2O)[C@](C)(O)C[C@@H](C)CN(CCNCCC#N)[C@H](C)[C@@H](O)[C@]1(C)O. The van der Waals surface area contributed by atoms with Crippen molar-refractivity contribution in [1.82, 2.24) is 15.1 Å². The lowest BCUT2D eigenvalue weighted by atomic mass is 9.77. The Kier molecular flexibility index (Phi) is 18.8. The summed E-state index contributed by atoms with van der Waals surface area (Å²) in [5.74, 6) is -2.76. The summed E-state index contributed by atoms with van der Waals surface area (Å²) >= 11 is 0. The number of hydrogen-bond acceptors (Lipinski definition) is 16. The van der Waals surface area contributed by atoms with Crippen molar-refractivity contribution in [2.75, 3.05) is 47.4 Å². The van der Waals surface area contributed by atoms with Crippen LogP contribution in [0.25, 0.3) is 0 Å². The minimum absolute atomic E-state index is 0.114. The highest BCUT2D eigenvalue weighted by Crippen LogP contribution is 2.40. The van der Waals surface area contributed by atoms with Gasteiger partial charge in [-0.2, -0.15) is 5.26 Å². The van der Waals surface area contributed by atoms with Gasteiger partial charge in [0.05, 0.1) is 47.6 Å². The number of nitriles is 1. The predicted octanol–water partition coefficient (Wildman–Crippen LogP) is 1.77. The molecular weight excluding hydrogens is 752 g/mol. The topological polar surface area (TPSA) is 216 Å². The third-order valence-electron chi connectivity index (χ3n) is 13.0. The van der Waals surface area contributed by atoms with E-state index in [1.165, 1.54) is 14.0 Å². The Morgan fingerprint density at radius 2 is 1.64 bits per heavy atom. The molecule has 0 aliphatic carbocycles. The maximum Gasteiger partial charge on any atom is 0.311 e. The molecule has 6 N–H and O–H groups in total. The molecule has 3 rings (SSSR count). The number of likely N-dealkylation sites (N-methyl/N-ethyl adjacent to an activating group) is 1. The Hall–Kier alpha value is -1.56. The molecule has 0 aromatic carbocycles. The van der Waals surface area contributed by atoms with Crippen molar-refractivity contribution in [3.8, 4) is 6.07 Å². The van der Waals surface area contributed by atoms with E-state index in [2.05, 4.69) is 11.4 Å². The van der Waals surface area contributed by atoms with Gasteiger partial charge < -0.3 is 64.2 Å². The number of aliphatic hydroxyl groups excluding tert-OH is 3. The second-order valence-corrected chi connectivity index (χ2v) is 18.4. The molecule has 3 saturated heterocycles. The van der Waals surface area contributed by atoms with Crippen LogP contribution in [-0.4, -0.2) is 179 Å². The lowest BCUT2D eigenvalue weighted by Crippen LogP contribution is -2.60. The first kappa shape index (κ1) is 50.8. The molecule has 0 bridgehead atoms. The van der Waals surface area contributed by atoms with Crippen molar-refractivity contribution in [1.29, 1.82) is 5.26 Å². The van der Waals surface area contributed by atoms with Crippen LogP contribution in [0.15, 0.2) is 0 Å². The smallest absolute Gasteiger partial charge is 0.311 e. The van der Waals surface area contributed by atoms with Gasteiger partial charge in [-0.05, 0) is 87.7 Å². The molecule has 0 aromatic heterocycles. The molecule has 3 aliphatic heterocycles. The lowest BCUT2D eigenvalue weighted by molar-refractivity contribution is -0.318. The first-order valence-corrected chi connectivity index (χ1v) is 21.3. The molecule has 0 radical (unpaired) electrons. The zero-order chi connectivity index (χ0) is 43.9. The number of esters is 1. The average molecular weight is 831 g/mol. The van der Waals surface area contributed by atoms with Crippen molar-refractivity contribution in [2.24, 2.45) is 17.8 Å². The second kappa shape index (κ2) is 21.5. The highest BCUT2D eigenvalue weighted by molar-refractivity contribution is 5.73. The van der Waals surface area contributed by atoms with Gasteiger partial charge in [0.1, 0.15) is 30.0 Å². The molecule has 58 heavy (non-hydrogen) atoms. The Morgan fingerprint density at radius 3 is 2.22 bits per heavy atom. The van der Waals surface area contributed by atoms with Crippen molar-refractivity contribution in [3.05, 3.63) is 0 Å². The molecule has 0 amide bonds. The van der Waals surface area contributed by atoms with Gasteiger partial charge in [-0.25, -0.2) is 0 Å². The van der Waals surface area contributed by atoms with Gasteiger partial charge in [-0.15, -0.1) is 0 Å². The molecule has 338 valence electrons. The molecule has 0 saturated carbocycles. The number of hydrogen-bond donors (Lipinski definition) is 6. The number of ether oxygens (including phenoxy) is 6. The minimum Gasteiger partial charge on any atom is -0.459 e. The Morgan fingerprint density at radius 1 is 0.983 bits per heavy atom. The normalized spacial score (nSPS) is 45.6. The van der Waals surface area contributed by atoms with Gasteiger partial charge in [0.2, 0.25) is 0 Å². The van der Waals surface area contributed by atoms with E-state index in [1.807, 2.05) is 51.6 Å². The number of carbonyl (C=O) groups excluding carboxylic acids is 1. The van der Waals surface area contributed by atoms with Crippen molar-refractivity contribution in [2.45, 2.75) is 192 Å². The van der Waals surface area contributed by atoms with Crippen LogP contribution < -0.4 is 5.32 Å². The van der Waals surface area contributed by atoms with E-state index in [4.69, 9.17) is 33.7 Å². The van der Waals surface area contributed by atoms with Crippen LogP contribution >= 0.6 is 0 Å². The molecule has 18 atom stereocenters. The van der Waals surface area contributed by atoms with Crippen molar-refractivity contribution >= 4 is 5.97 Å². The van der Waals surface area contributed by atoms with Gasteiger partial charge >= 0.3 is 5.97 Å². The summed E-state index contributed by atoms with van der Waals surface area (Å²) < 4.78 is 37.8. The van der Waals surface area contributed by atoms with E-state index < -0.39 is 96.0 Å². The number of nitrogens with one attached hydrogen (secondary N) is 1. The summed E-state index contributed by atoms with van der Waals surface area (Å²) in [4.78, 5) is 18.3. The number of aliphatic hydroxyl groups is 5. The van der Waals surface area contributed by atoms with Gasteiger partial charge in [0.15, 0.2) is 12.6 Å². The van der Waals surface area contributed by atoms with Gasteiger partial charge in [-0.1, -0.05) is 20.8 Å². The maximum absolute atomic E-state index is 14.4.